The molecule has 1 aromatic carbocycles. The first-order valence-electron chi connectivity index (χ1n) is 9.94. The Hall–Kier alpha value is -2.67. The molecule has 3 heterocycles. The maximum atomic E-state index is 12.4. The molecule has 1 aliphatic heterocycles. The van der Waals surface area contributed by atoms with Crippen LogP contribution in [-0.2, 0) is 4.79 Å². The van der Waals surface area contributed by atoms with Crippen LogP contribution in [0.5, 0.6) is 0 Å². The van der Waals surface area contributed by atoms with E-state index in [0.29, 0.717) is 36.3 Å². The van der Waals surface area contributed by atoms with Crippen LogP contribution < -0.4 is 4.90 Å². The molecule has 0 unspecified atom stereocenters. The fourth-order valence-electron chi connectivity index (χ4n) is 3.69. The highest BCUT2D eigenvalue weighted by molar-refractivity contribution is 6.32. The van der Waals surface area contributed by atoms with E-state index in [9.17, 15) is 4.79 Å². The van der Waals surface area contributed by atoms with Gasteiger partial charge in [0.15, 0.2) is 5.65 Å². The summed E-state index contributed by atoms with van der Waals surface area (Å²) in [5, 5.41) is 6.04. The summed E-state index contributed by atoms with van der Waals surface area (Å²) in [4.78, 5) is 25.9. The molecule has 7 nitrogen and oxygen atoms in total. The van der Waals surface area contributed by atoms with E-state index in [-0.39, 0.29) is 5.91 Å². The zero-order valence-electron chi connectivity index (χ0n) is 17.0. The fraction of sp³-hybridized carbons (Fsp3) is 0.429. The fourth-order valence-corrected chi connectivity index (χ4v) is 3.90. The molecule has 1 aliphatic rings. The van der Waals surface area contributed by atoms with Crippen LogP contribution >= 0.6 is 11.6 Å². The van der Waals surface area contributed by atoms with E-state index in [1.807, 2.05) is 36.1 Å². The van der Waals surface area contributed by atoms with Gasteiger partial charge in [-0.2, -0.15) is 5.10 Å². The Labute approximate surface area is 175 Å². The van der Waals surface area contributed by atoms with Crippen molar-refractivity contribution in [3.05, 3.63) is 41.3 Å². The minimum absolute atomic E-state index is 0.232. The van der Waals surface area contributed by atoms with Crippen LogP contribution in [0.2, 0.25) is 5.02 Å². The van der Waals surface area contributed by atoms with Crippen LogP contribution in [0.3, 0.4) is 0 Å². The van der Waals surface area contributed by atoms with Gasteiger partial charge in [-0.1, -0.05) is 37.6 Å². The van der Waals surface area contributed by atoms with Crippen LogP contribution in [0.15, 0.2) is 30.5 Å². The highest BCUT2D eigenvalue weighted by Crippen LogP contribution is 2.28. The Morgan fingerprint density at radius 3 is 2.55 bits per heavy atom. The number of amides is 1. The van der Waals surface area contributed by atoms with Crippen molar-refractivity contribution >= 4 is 34.4 Å². The van der Waals surface area contributed by atoms with E-state index in [0.717, 1.165) is 35.6 Å². The monoisotopic (exact) mass is 412 g/mol. The van der Waals surface area contributed by atoms with Crippen LogP contribution in [0, 0.1) is 12.8 Å². The lowest BCUT2D eigenvalue weighted by atomic mass is 10.1. The van der Waals surface area contributed by atoms with Crippen molar-refractivity contribution in [2.45, 2.75) is 27.2 Å². The largest absolute Gasteiger partial charge is 0.352 e. The number of aromatic nitrogens is 4. The van der Waals surface area contributed by atoms with Crippen LogP contribution in [-0.4, -0.2) is 56.7 Å². The van der Waals surface area contributed by atoms with E-state index >= 15 is 0 Å². The summed E-state index contributed by atoms with van der Waals surface area (Å²) in [5.74, 6) is 2.15. The van der Waals surface area contributed by atoms with Crippen molar-refractivity contribution in [3.63, 3.8) is 0 Å². The molecule has 4 rings (SSSR count). The topological polar surface area (TPSA) is 67.2 Å². The SMILES string of the molecule is Cc1nc(N2CCN(C(=O)CC(C)C)CC2)c2cnn(-c3ccccc3Cl)c2n1. The number of piperazine rings is 1. The van der Waals surface area contributed by atoms with Gasteiger partial charge in [0.2, 0.25) is 5.91 Å². The zero-order chi connectivity index (χ0) is 20.5. The predicted octanol–water partition coefficient (Wildman–Crippen LogP) is 3.47. The molecule has 0 radical (unpaired) electrons. The number of nitrogens with zero attached hydrogens (tertiary/aromatic N) is 6. The summed E-state index contributed by atoms with van der Waals surface area (Å²) in [7, 11) is 0. The maximum absolute atomic E-state index is 12.4. The Morgan fingerprint density at radius 1 is 1.14 bits per heavy atom. The molecule has 1 amide bonds. The standard InChI is InChI=1S/C21H25ClN6O/c1-14(2)12-19(29)26-8-10-27(11-9-26)20-16-13-23-28(21(16)25-15(3)24-20)18-7-5-4-6-17(18)22/h4-7,13-14H,8-12H2,1-3H3. The first-order chi connectivity index (χ1) is 13.9. The summed E-state index contributed by atoms with van der Waals surface area (Å²) in [5.41, 5.74) is 1.52. The lowest BCUT2D eigenvalue weighted by molar-refractivity contribution is -0.132. The van der Waals surface area contributed by atoms with E-state index in [2.05, 4.69) is 28.8 Å². The number of aryl methyl sites for hydroxylation is 1. The second-order valence-electron chi connectivity index (χ2n) is 7.81. The van der Waals surface area contributed by atoms with Crippen molar-refractivity contribution in [2.24, 2.45) is 5.92 Å². The Bertz CT molecular complexity index is 1040. The van der Waals surface area contributed by atoms with E-state index < -0.39 is 0 Å². The van der Waals surface area contributed by atoms with Gasteiger partial charge in [-0.25, -0.2) is 14.6 Å². The van der Waals surface area contributed by atoms with Gasteiger partial charge in [-0.05, 0) is 25.0 Å². The van der Waals surface area contributed by atoms with E-state index in [1.54, 1.807) is 10.9 Å². The number of hydrogen-bond donors (Lipinski definition) is 0. The molecule has 0 atom stereocenters. The molecule has 29 heavy (non-hydrogen) atoms. The summed E-state index contributed by atoms with van der Waals surface area (Å²) < 4.78 is 1.76. The summed E-state index contributed by atoms with van der Waals surface area (Å²) in [6, 6.07) is 7.58. The first kappa shape index (κ1) is 19.6. The van der Waals surface area contributed by atoms with Gasteiger partial charge in [-0.15, -0.1) is 0 Å². The van der Waals surface area contributed by atoms with Crippen molar-refractivity contribution < 1.29 is 4.79 Å². The van der Waals surface area contributed by atoms with Gasteiger partial charge >= 0.3 is 0 Å². The average Bonchev–Trinajstić information content (AvgIpc) is 3.11. The van der Waals surface area contributed by atoms with Gasteiger partial charge in [0, 0.05) is 32.6 Å². The Kier molecular flexibility index (Phi) is 5.41. The Morgan fingerprint density at radius 2 is 1.86 bits per heavy atom. The number of carbonyl (C=O) groups excluding carboxylic acids is 1. The van der Waals surface area contributed by atoms with Crippen molar-refractivity contribution in [1.82, 2.24) is 24.6 Å². The molecule has 8 heteroatoms. The van der Waals surface area contributed by atoms with Gasteiger partial charge in [-0.3, -0.25) is 4.79 Å². The van der Waals surface area contributed by atoms with Crippen molar-refractivity contribution in [2.75, 3.05) is 31.1 Å². The second kappa shape index (κ2) is 7.99. The number of para-hydroxylation sites is 1. The smallest absolute Gasteiger partial charge is 0.222 e. The molecule has 2 aromatic heterocycles. The summed E-state index contributed by atoms with van der Waals surface area (Å²) in [6.07, 6.45) is 2.39. The van der Waals surface area contributed by atoms with Gasteiger partial charge in [0.05, 0.1) is 22.3 Å². The Balaban J connectivity index is 1.63. The zero-order valence-corrected chi connectivity index (χ0v) is 17.7. The summed E-state index contributed by atoms with van der Waals surface area (Å²) >= 11 is 6.37. The third-order valence-electron chi connectivity index (χ3n) is 5.12. The van der Waals surface area contributed by atoms with Crippen molar-refractivity contribution in [3.8, 4) is 5.69 Å². The van der Waals surface area contributed by atoms with Crippen molar-refractivity contribution in [1.29, 1.82) is 0 Å². The van der Waals surface area contributed by atoms with Gasteiger partial charge < -0.3 is 9.80 Å². The number of rotatable bonds is 4. The number of fused-ring (bicyclic) bond motifs is 1. The van der Waals surface area contributed by atoms with Gasteiger partial charge in [0.1, 0.15) is 11.6 Å². The first-order valence-corrected chi connectivity index (χ1v) is 10.3. The molecule has 152 valence electrons. The second-order valence-corrected chi connectivity index (χ2v) is 8.21. The minimum Gasteiger partial charge on any atom is -0.352 e. The normalized spacial score (nSPS) is 14.8. The quantitative estimate of drug-likeness (QED) is 0.656. The molecular formula is C21H25ClN6O. The number of halogens is 1. The highest BCUT2D eigenvalue weighted by atomic mass is 35.5. The molecule has 1 saturated heterocycles. The molecule has 3 aromatic rings. The predicted molar refractivity (Wildman–Crippen MR) is 115 cm³/mol. The number of hydrogen-bond acceptors (Lipinski definition) is 5. The number of carbonyl (C=O) groups is 1. The van der Waals surface area contributed by atoms with E-state index in [1.165, 1.54) is 0 Å². The minimum atomic E-state index is 0.232. The molecule has 0 saturated carbocycles. The lowest BCUT2D eigenvalue weighted by Crippen LogP contribution is -2.49. The van der Waals surface area contributed by atoms with Crippen LogP contribution in [0.25, 0.3) is 16.7 Å². The van der Waals surface area contributed by atoms with E-state index in [4.69, 9.17) is 16.6 Å². The third kappa shape index (κ3) is 3.92. The maximum Gasteiger partial charge on any atom is 0.222 e. The third-order valence-corrected chi connectivity index (χ3v) is 5.44. The molecule has 0 N–H and O–H groups in total. The van der Waals surface area contributed by atoms with Crippen LogP contribution in [0.1, 0.15) is 26.1 Å². The summed E-state index contributed by atoms with van der Waals surface area (Å²) in [6.45, 7) is 8.93. The number of benzene rings is 1. The average molecular weight is 413 g/mol. The molecule has 0 aliphatic carbocycles. The van der Waals surface area contributed by atoms with Gasteiger partial charge in [0.25, 0.3) is 0 Å². The molecule has 0 bridgehead atoms. The molecule has 0 spiro atoms. The lowest BCUT2D eigenvalue weighted by Gasteiger charge is -2.36. The molecular weight excluding hydrogens is 388 g/mol. The number of anilines is 1. The van der Waals surface area contributed by atoms with Crippen LogP contribution in [0.4, 0.5) is 5.82 Å². The highest BCUT2D eigenvalue weighted by Gasteiger charge is 2.25. The molecule has 1 fully saturated rings.